The summed E-state index contributed by atoms with van der Waals surface area (Å²) in [4.78, 5) is 20.8. The zero-order chi connectivity index (χ0) is 15.6. The second-order valence-electron chi connectivity index (χ2n) is 4.41. The Morgan fingerprint density at radius 3 is 2.76 bits per heavy atom. The highest BCUT2D eigenvalue weighted by atomic mass is 32.2. The summed E-state index contributed by atoms with van der Waals surface area (Å²) >= 11 is 0. The molecule has 114 valence electrons. The Labute approximate surface area is 119 Å². The molecule has 8 nitrogen and oxygen atoms in total. The van der Waals surface area contributed by atoms with Gasteiger partial charge in [-0.2, -0.15) is 4.31 Å². The molecule has 1 saturated heterocycles. The highest BCUT2D eigenvalue weighted by molar-refractivity contribution is 7.89. The number of nitro benzene ring substituents is 1. The molecule has 1 aliphatic heterocycles. The lowest BCUT2D eigenvalue weighted by atomic mass is 10.3. The van der Waals surface area contributed by atoms with Crippen molar-refractivity contribution >= 4 is 21.6 Å². The van der Waals surface area contributed by atoms with Crippen molar-refractivity contribution in [2.45, 2.75) is 11.3 Å². The van der Waals surface area contributed by atoms with Gasteiger partial charge >= 0.3 is 0 Å². The fourth-order valence-electron chi connectivity index (χ4n) is 1.97. The van der Waals surface area contributed by atoms with Crippen molar-refractivity contribution in [1.29, 1.82) is 0 Å². The van der Waals surface area contributed by atoms with Crippen LogP contribution in [0.4, 0.5) is 10.1 Å². The number of nitro groups is 1. The number of nitrogens with zero attached hydrogens (tertiary/aromatic N) is 2. The summed E-state index contributed by atoms with van der Waals surface area (Å²) < 4.78 is 38.8. The molecule has 0 saturated carbocycles. The van der Waals surface area contributed by atoms with E-state index in [1.807, 2.05) is 0 Å². The van der Waals surface area contributed by atoms with Gasteiger partial charge in [0.1, 0.15) is 5.82 Å². The van der Waals surface area contributed by atoms with E-state index < -0.39 is 43.8 Å². The summed E-state index contributed by atoms with van der Waals surface area (Å²) in [6, 6.07) is 2.22. The topological polar surface area (TPSA) is 110 Å². The van der Waals surface area contributed by atoms with E-state index in [0.29, 0.717) is 19.0 Å². The Morgan fingerprint density at radius 2 is 2.10 bits per heavy atom. The number of halogens is 1. The number of amides is 1. The van der Waals surface area contributed by atoms with Gasteiger partial charge in [-0.15, -0.1) is 0 Å². The first-order valence-corrected chi connectivity index (χ1v) is 7.47. The van der Waals surface area contributed by atoms with Crippen LogP contribution < -0.4 is 5.32 Å². The van der Waals surface area contributed by atoms with Crippen molar-refractivity contribution in [3.05, 3.63) is 34.1 Å². The predicted octanol–water partition coefficient (Wildman–Crippen LogP) is 0.244. The van der Waals surface area contributed by atoms with Gasteiger partial charge in [-0.25, -0.2) is 12.8 Å². The monoisotopic (exact) mass is 317 g/mol. The van der Waals surface area contributed by atoms with Crippen molar-refractivity contribution in [1.82, 2.24) is 9.62 Å². The van der Waals surface area contributed by atoms with Crippen molar-refractivity contribution in [3.63, 3.8) is 0 Å². The molecule has 1 fully saturated rings. The highest BCUT2D eigenvalue weighted by Gasteiger charge is 2.33. The zero-order valence-electron chi connectivity index (χ0n) is 10.8. The summed E-state index contributed by atoms with van der Waals surface area (Å²) in [5.41, 5.74) is -0.848. The minimum Gasteiger partial charge on any atom is -0.355 e. The maximum atomic E-state index is 13.1. The lowest BCUT2D eigenvalue weighted by Gasteiger charge is -2.18. The van der Waals surface area contributed by atoms with Crippen molar-refractivity contribution in [2.24, 2.45) is 0 Å². The molecule has 2 rings (SSSR count). The maximum Gasteiger partial charge on any atom is 0.292 e. The number of rotatable bonds is 3. The second kappa shape index (κ2) is 5.74. The summed E-state index contributed by atoms with van der Waals surface area (Å²) in [7, 11) is -4.25. The Balaban J connectivity index is 2.48. The number of carbonyl (C=O) groups is 1. The van der Waals surface area contributed by atoms with Gasteiger partial charge in [-0.05, 0) is 18.6 Å². The number of hydrogen-bond acceptors (Lipinski definition) is 5. The van der Waals surface area contributed by atoms with Crippen molar-refractivity contribution in [2.75, 3.05) is 19.6 Å². The lowest BCUT2D eigenvalue weighted by Crippen LogP contribution is -2.37. The van der Waals surface area contributed by atoms with Crippen LogP contribution in [0.3, 0.4) is 0 Å². The Morgan fingerprint density at radius 1 is 1.38 bits per heavy atom. The lowest BCUT2D eigenvalue weighted by molar-refractivity contribution is -0.388. The number of hydrogen-bond donors (Lipinski definition) is 1. The van der Waals surface area contributed by atoms with Crippen LogP contribution in [-0.2, 0) is 14.8 Å². The molecule has 1 aliphatic rings. The van der Waals surface area contributed by atoms with E-state index in [1.165, 1.54) is 0 Å². The molecule has 0 unspecified atom stereocenters. The van der Waals surface area contributed by atoms with Gasteiger partial charge < -0.3 is 5.32 Å². The highest BCUT2D eigenvalue weighted by Crippen LogP contribution is 2.27. The number of benzene rings is 1. The standard InChI is InChI=1S/C11H12FN3O5S/c12-8-2-3-10(9(6-8)15(17)18)21(19,20)14-5-1-4-13-11(16)7-14/h2-3,6H,1,4-5,7H2,(H,13,16). The summed E-state index contributed by atoms with van der Waals surface area (Å²) in [6.45, 7) is -0.0389. The Bertz CT molecular complexity index is 691. The normalized spacial score (nSPS) is 17.1. The summed E-state index contributed by atoms with van der Waals surface area (Å²) in [6.07, 6.45) is 0.389. The van der Waals surface area contributed by atoms with Crippen LogP contribution >= 0.6 is 0 Å². The van der Waals surface area contributed by atoms with Crippen LogP contribution in [0, 0.1) is 15.9 Å². The maximum absolute atomic E-state index is 13.1. The van der Waals surface area contributed by atoms with Gasteiger partial charge in [0, 0.05) is 13.1 Å². The number of sulfonamides is 1. The SMILES string of the molecule is O=C1CN(S(=O)(=O)c2ccc(F)cc2[N+](=O)[O-])CCCN1. The Hall–Kier alpha value is -2.07. The fourth-order valence-corrected chi connectivity index (χ4v) is 3.55. The van der Waals surface area contributed by atoms with Crippen LogP contribution in [0.5, 0.6) is 0 Å². The molecule has 10 heteroatoms. The van der Waals surface area contributed by atoms with Gasteiger partial charge in [0.05, 0.1) is 17.5 Å². The van der Waals surface area contributed by atoms with Gasteiger partial charge in [-0.1, -0.05) is 0 Å². The molecule has 0 radical (unpaired) electrons. The molecule has 1 amide bonds. The van der Waals surface area contributed by atoms with E-state index in [9.17, 15) is 27.7 Å². The molecular weight excluding hydrogens is 305 g/mol. The zero-order valence-corrected chi connectivity index (χ0v) is 11.6. The van der Waals surface area contributed by atoms with E-state index in [2.05, 4.69) is 5.32 Å². The molecule has 21 heavy (non-hydrogen) atoms. The molecule has 0 atom stereocenters. The van der Waals surface area contributed by atoms with Crippen molar-refractivity contribution < 1.29 is 22.5 Å². The summed E-state index contributed by atoms with van der Waals surface area (Å²) in [5.74, 6) is -1.39. The molecule has 0 spiro atoms. The van der Waals surface area contributed by atoms with E-state index >= 15 is 0 Å². The van der Waals surface area contributed by atoms with E-state index in [1.54, 1.807) is 0 Å². The fraction of sp³-hybridized carbons (Fsp3) is 0.364. The summed E-state index contributed by atoms with van der Waals surface area (Å²) in [5, 5.41) is 13.4. The predicted molar refractivity (Wildman–Crippen MR) is 69.4 cm³/mol. The van der Waals surface area contributed by atoms with Gasteiger partial charge in [0.15, 0.2) is 4.90 Å². The second-order valence-corrected chi connectivity index (χ2v) is 6.32. The largest absolute Gasteiger partial charge is 0.355 e. The molecular formula is C11H12FN3O5S. The molecule has 0 aromatic heterocycles. The molecule has 1 aromatic carbocycles. The van der Waals surface area contributed by atoms with E-state index in [4.69, 9.17) is 0 Å². The third-order valence-electron chi connectivity index (χ3n) is 2.96. The smallest absolute Gasteiger partial charge is 0.292 e. The minimum atomic E-state index is -4.25. The number of nitrogens with one attached hydrogen (secondary N) is 1. The first-order valence-electron chi connectivity index (χ1n) is 6.03. The molecule has 1 aromatic rings. The molecule has 0 aliphatic carbocycles. The first kappa shape index (κ1) is 15.3. The third kappa shape index (κ3) is 3.16. The van der Waals surface area contributed by atoms with Crippen LogP contribution in [0.25, 0.3) is 0 Å². The Kier molecular flexibility index (Phi) is 4.19. The molecule has 0 bridgehead atoms. The molecule has 1 N–H and O–H groups in total. The van der Waals surface area contributed by atoms with E-state index in [0.717, 1.165) is 16.4 Å². The van der Waals surface area contributed by atoms with Crippen LogP contribution in [0.2, 0.25) is 0 Å². The van der Waals surface area contributed by atoms with Crippen LogP contribution in [0.1, 0.15) is 6.42 Å². The van der Waals surface area contributed by atoms with Crippen LogP contribution in [0.15, 0.2) is 23.1 Å². The molecule has 1 heterocycles. The van der Waals surface area contributed by atoms with Gasteiger partial charge in [0.25, 0.3) is 5.69 Å². The van der Waals surface area contributed by atoms with Crippen LogP contribution in [-0.4, -0.2) is 43.2 Å². The third-order valence-corrected chi connectivity index (χ3v) is 4.85. The van der Waals surface area contributed by atoms with Crippen molar-refractivity contribution in [3.8, 4) is 0 Å². The van der Waals surface area contributed by atoms with Gasteiger partial charge in [0.2, 0.25) is 15.9 Å². The number of carbonyl (C=O) groups excluding carboxylic acids is 1. The van der Waals surface area contributed by atoms with Gasteiger partial charge in [-0.3, -0.25) is 14.9 Å². The minimum absolute atomic E-state index is 0.0512. The average molecular weight is 317 g/mol. The quantitative estimate of drug-likeness (QED) is 0.634. The van der Waals surface area contributed by atoms with E-state index in [-0.39, 0.29) is 6.54 Å². The average Bonchev–Trinajstić information content (AvgIpc) is 2.63. The first-order chi connectivity index (χ1) is 9.82.